The van der Waals surface area contributed by atoms with E-state index in [9.17, 15) is 14.4 Å². The first-order chi connectivity index (χ1) is 15.9. The number of hydrogen-bond donors (Lipinski definition) is 1. The predicted molar refractivity (Wildman–Crippen MR) is 120 cm³/mol. The molecule has 0 aromatic heterocycles. The van der Waals surface area contributed by atoms with Crippen molar-refractivity contribution in [3.63, 3.8) is 0 Å². The van der Waals surface area contributed by atoms with Gasteiger partial charge in [-0.1, -0.05) is 30.3 Å². The highest BCUT2D eigenvalue weighted by atomic mass is 16.6. The molecule has 0 bridgehead atoms. The van der Waals surface area contributed by atoms with Gasteiger partial charge in [0.1, 0.15) is 11.6 Å². The number of benzene rings is 2. The van der Waals surface area contributed by atoms with Crippen molar-refractivity contribution < 1.29 is 28.6 Å². The Kier molecular flexibility index (Phi) is 6.53. The van der Waals surface area contributed by atoms with Crippen molar-refractivity contribution in [3.8, 4) is 11.5 Å². The quantitative estimate of drug-likeness (QED) is 0.619. The molecule has 2 aromatic rings. The van der Waals surface area contributed by atoms with Crippen molar-refractivity contribution in [1.29, 1.82) is 0 Å². The third kappa shape index (κ3) is 4.37. The number of carbonyl (C=O) groups is 3. The molecule has 0 aliphatic carbocycles. The molecule has 0 radical (unpaired) electrons. The number of esters is 1. The summed E-state index contributed by atoms with van der Waals surface area (Å²) in [6.45, 7) is 1.95. The monoisotopic (exact) mass is 452 g/mol. The fraction of sp³-hybridized carbons (Fsp3) is 0.400. The number of nitrogens with zero attached hydrogens (tertiary/aromatic N) is 1. The highest BCUT2D eigenvalue weighted by molar-refractivity contribution is 5.99. The summed E-state index contributed by atoms with van der Waals surface area (Å²) in [6.07, 6.45) is 1.22. The molecular formula is C25H28N2O6. The minimum Gasteiger partial charge on any atom is -0.493 e. The van der Waals surface area contributed by atoms with Crippen LogP contribution in [0.1, 0.15) is 53.9 Å². The Labute approximate surface area is 192 Å². The van der Waals surface area contributed by atoms with Crippen LogP contribution >= 0.6 is 0 Å². The Morgan fingerprint density at radius 3 is 2.61 bits per heavy atom. The average molecular weight is 453 g/mol. The smallest absolute Gasteiger partial charge is 0.344 e. The summed E-state index contributed by atoms with van der Waals surface area (Å²) >= 11 is 0. The van der Waals surface area contributed by atoms with Crippen LogP contribution in [0.4, 0.5) is 0 Å². The molecule has 2 aliphatic heterocycles. The lowest BCUT2D eigenvalue weighted by Crippen LogP contribution is -2.48. The molecule has 8 nitrogen and oxygen atoms in total. The van der Waals surface area contributed by atoms with E-state index in [1.165, 1.54) is 24.7 Å². The summed E-state index contributed by atoms with van der Waals surface area (Å²) < 4.78 is 16.2. The molecule has 1 fully saturated rings. The van der Waals surface area contributed by atoms with E-state index >= 15 is 0 Å². The largest absolute Gasteiger partial charge is 0.493 e. The highest BCUT2D eigenvalue weighted by Crippen LogP contribution is 2.45. The fourth-order valence-corrected chi connectivity index (χ4v) is 4.48. The summed E-state index contributed by atoms with van der Waals surface area (Å²) in [5.74, 6) is -0.437. The summed E-state index contributed by atoms with van der Waals surface area (Å²) in [6, 6.07) is 12.6. The van der Waals surface area contributed by atoms with Gasteiger partial charge in [-0.25, -0.2) is 4.79 Å². The van der Waals surface area contributed by atoms with Crippen LogP contribution in [0.25, 0.3) is 0 Å². The minimum atomic E-state index is -0.974. The van der Waals surface area contributed by atoms with E-state index in [1.807, 2.05) is 25.1 Å². The molecule has 2 aromatic carbocycles. The number of methoxy groups -OCH3 is 2. The summed E-state index contributed by atoms with van der Waals surface area (Å²) in [4.78, 5) is 39.9. The van der Waals surface area contributed by atoms with Gasteiger partial charge in [0.2, 0.25) is 18.0 Å². The molecule has 3 atom stereocenters. The van der Waals surface area contributed by atoms with Crippen LogP contribution in [0.5, 0.6) is 11.5 Å². The van der Waals surface area contributed by atoms with E-state index in [1.54, 1.807) is 12.1 Å². The van der Waals surface area contributed by atoms with E-state index in [2.05, 4.69) is 17.4 Å². The number of rotatable bonds is 8. The Bertz CT molecular complexity index is 1050. The Morgan fingerprint density at radius 2 is 1.91 bits per heavy atom. The molecule has 4 rings (SSSR count). The number of carbonyl (C=O) groups excluding carboxylic acids is 3. The van der Waals surface area contributed by atoms with Gasteiger partial charge in [-0.05, 0) is 43.9 Å². The molecule has 0 unspecified atom stereocenters. The van der Waals surface area contributed by atoms with E-state index in [0.29, 0.717) is 17.7 Å². The van der Waals surface area contributed by atoms with Gasteiger partial charge in [0, 0.05) is 18.0 Å². The van der Waals surface area contributed by atoms with Crippen molar-refractivity contribution in [3.05, 3.63) is 59.2 Å². The average Bonchev–Trinajstić information content (AvgIpc) is 3.37. The third-order valence-electron chi connectivity index (χ3n) is 6.17. The van der Waals surface area contributed by atoms with Crippen LogP contribution in [0.2, 0.25) is 0 Å². The Balaban J connectivity index is 1.50. The lowest BCUT2D eigenvalue weighted by molar-refractivity contribution is -0.146. The normalized spacial score (nSPS) is 20.3. The van der Waals surface area contributed by atoms with Crippen LogP contribution in [-0.4, -0.2) is 49.0 Å². The second-order valence-corrected chi connectivity index (χ2v) is 8.31. The van der Waals surface area contributed by atoms with E-state index in [4.69, 9.17) is 14.2 Å². The van der Waals surface area contributed by atoms with E-state index in [-0.39, 0.29) is 35.6 Å². The van der Waals surface area contributed by atoms with Crippen molar-refractivity contribution in [1.82, 2.24) is 10.2 Å². The summed E-state index contributed by atoms with van der Waals surface area (Å²) in [5, 5.41) is 3.02. The van der Waals surface area contributed by atoms with Crippen LogP contribution in [0.15, 0.2) is 42.5 Å². The fourth-order valence-electron chi connectivity index (χ4n) is 4.48. The van der Waals surface area contributed by atoms with Crippen molar-refractivity contribution in [2.24, 2.45) is 0 Å². The number of cyclic esters (lactones) is 1. The molecule has 1 saturated heterocycles. The van der Waals surface area contributed by atoms with Gasteiger partial charge in [0.25, 0.3) is 0 Å². The van der Waals surface area contributed by atoms with Gasteiger partial charge in [-0.3, -0.25) is 14.5 Å². The first kappa shape index (κ1) is 22.6. The maximum Gasteiger partial charge on any atom is 0.344 e. The minimum absolute atomic E-state index is 0.0713. The molecule has 174 valence electrons. The highest BCUT2D eigenvalue weighted by Gasteiger charge is 2.47. The maximum atomic E-state index is 13.1. The van der Waals surface area contributed by atoms with Gasteiger partial charge < -0.3 is 19.5 Å². The molecule has 1 N–H and O–H groups in total. The molecule has 0 spiro atoms. The third-order valence-corrected chi connectivity index (χ3v) is 6.17. The lowest BCUT2D eigenvalue weighted by atomic mass is 10.0. The number of likely N-dealkylation sites (tertiary alicyclic amines) is 1. The SMILES string of the molecule is COc1ccc2c(c1OC)C(=O)O[C@H]2N1C(=O)CC[C@@H]1C(=O)N[C@@H](C)CCc1ccccc1. The lowest BCUT2D eigenvalue weighted by Gasteiger charge is -2.30. The van der Waals surface area contributed by atoms with Crippen molar-refractivity contribution in [2.75, 3.05) is 14.2 Å². The summed E-state index contributed by atoms with van der Waals surface area (Å²) in [7, 11) is 2.91. The molecule has 2 heterocycles. The number of nitrogens with one attached hydrogen (secondary N) is 1. The summed E-state index contributed by atoms with van der Waals surface area (Å²) in [5.41, 5.74) is 1.91. The first-order valence-corrected chi connectivity index (χ1v) is 11.1. The second kappa shape index (κ2) is 9.52. The van der Waals surface area contributed by atoms with Gasteiger partial charge in [0.15, 0.2) is 11.5 Å². The van der Waals surface area contributed by atoms with Gasteiger partial charge >= 0.3 is 5.97 Å². The van der Waals surface area contributed by atoms with Crippen molar-refractivity contribution >= 4 is 17.8 Å². The molecule has 2 amide bonds. The molecule has 8 heteroatoms. The molecule has 0 saturated carbocycles. The zero-order valence-corrected chi connectivity index (χ0v) is 19.0. The zero-order chi connectivity index (χ0) is 23.5. The number of hydrogen-bond acceptors (Lipinski definition) is 6. The van der Waals surface area contributed by atoms with Gasteiger partial charge in [0.05, 0.1) is 14.2 Å². The predicted octanol–water partition coefficient (Wildman–Crippen LogP) is 3.00. The molecule has 33 heavy (non-hydrogen) atoms. The zero-order valence-electron chi connectivity index (χ0n) is 19.0. The second-order valence-electron chi connectivity index (χ2n) is 8.31. The number of ether oxygens (including phenoxy) is 3. The maximum absolute atomic E-state index is 13.1. The van der Waals surface area contributed by atoms with Crippen LogP contribution in [-0.2, 0) is 20.7 Å². The van der Waals surface area contributed by atoms with E-state index < -0.39 is 18.2 Å². The Morgan fingerprint density at radius 1 is 1.15 bits per heavy atom. The topological polar surface area (TPSA) is 94.2 Å². The first-order valence-electron chi connectivity index (χ1n) is 11.1. The van der Waals surface area contributed by atoms with Gasteiger partial charge in [-0.15, -0.1) is 0 Å². The standard InChI is InChI=1S/C25H28N2O6/c1-15(9-10-16-7-5-4-6-8-16)26-23(29)18-12-14-20(28)27(18)24-17-11-13-19(31-2)22(32-3)21(17)25(30)33-24/h4-8,11,13,15,18,24H,9-10,12,14H2,1-3H3,(H,26,29)/t15-,18+,24+/m0/s1. The number of fused-ring (bicyclic) bond motifs is 1. The molecule has 2 aliphatic rings. The van der Waals surface area contributed by atoms with E-state index in [0.717, 1.165) is 12.8 Å². The van der Waals surface area contributed by atoms with Gasteiger partial charge in [-0.2, -0.15) is 0 Å². The van der Waals surface area contributed by atoms with Crippen LogP contribution in [0, 0.1) is 0 Å². The van der Waals surface area contributed by atoms with Crippen LogP contribution in [0.3, 0.4) is 0 Å². The molecular weight excluding hydrogens is 424 g/mol. The number of amides is 2. The Hall–Kier alpha value is -3.55. The van der Waals surface area contributed by atoms with Crippen molar-refractivity contribution in [2.45, 2.75) is 50.9 Å². The van der Waals surface area contributed by atoms with Crippen LogP contribution < -0.4 is 14.8 Å². The number of aryl methyl sites for hydroxylation is 1.